The molecular weight excluding hydrogens is 280 g/mol. The van der Waals surface area contributed by atoms with E-state index in [1.54, 1.807) is 11.3 Å². The molecule has 7 heteroatoms. The zero-order chi connectivity index (χ0) is 13.7. The van der Waals surface area contributed by atoms with Gasteiger partial charge >= 0.3 is 0 Å². The third-order valence-corrected chi connectivity index (χ3v) is 4.46. The zero-order valence-electron chi connectivity index (χ0n) is 10.6. The number of nitrogen functional groups attached to an aromatic ring is 1. The van der Waals surface area contributed by atoms with Gasteiger partial charge in [0.25, 0.3) is 5.91 Å². The number of thiophene rings is 1. The SMILES string of the molecule is CN(CCc1cccs1)Cc1csc(C(=O)NN)n1. The Morgan fingerprint density at radius 2 is 2.37 bits per heavy atom. The van der Waals surface area contributed by atoms with E-state index in [2.05, 4.69) is 39.9 Å². The largest absolute Gasteiger partial charge is 0.300 e. The molecule has 19 heavy (non-hydrogen) atoms. The Balaban J connectivity index is 1.83. The van der Waals surface area contributed by atoms with Crippen molar-refractivity contribution in [3.63, 3.8) is 0 Å². The average Bonchev–Trinajstić information content (AvgIpc) is 3.06. The molecule has 0 atom stereocenters. The maximum Gasteiger partial charge on any atom is 0.294 e. The van der Waals surface area contributed by atoms with Crippen LogP contribution in [-0.2, 0) is 13.0 Å². The van der Waals surface area contributed by atoms with Gasteiger partial charge in [0.05, 0.1) is 5.69 Å². The molecule has 0 radical (unpaired) electrons. The van der Waals surface area contributed by atoms with Gasteiger partial charge < -0.3 is 4.90 Å². The lowest BCUT2D eigenvalue weighted by Gasteiger charge is -2.14. The molecule has 0 aliphatic rings. The molecule has 0 aromatic carbocycles. The first-order valence-electron chi connectivity index (χ1n) is 5.85. The van der Waals surface area contributed by atoms with Crippen molar-refractivity contribution >= 4 is 28.6 Å². The van der Waals surface area contributed by atoms with Gasteiger partial charge in [0.15, 0.2) is 5.01 Å². The van der Waals surface area contributed by atoms with Gasteiger partial charge in [-0.25, -0.2) is 10.8 Å². The molecule has 5 nitrogen and oxygen atoms in total. The number of hydrazine groups is 1. The minimum Gasteiger partial charge on any atom is -0.300 e. The molecule has 102 valence electrons. The third-order valence-electron chi connectivity index (χ3n) is 2.63. The van der Waals surface area contributed by atoms with Gasteiger partial charge in [0, 0.05) is 23.3 Å². The topological polar surface area (TPSA) is 71.2 Å². The van der Waals surface area contributed by atoms with Crippen LogP contribution >= 0.6 is 22.7 Å². The maximum atomic E-state index is 11.3. The van der Waals surface area contributed by atoms with Crippen LogP contribution < -0.4 is 11.3 Å². The van der Waals surface area contributed by atoms with Crippen LogP contribution in [0.3, 0.4) is 0 Å². The highest BCUT2D eigenvalue weighted by Gasteiger charge is 2.10. The third kappa shape index (κ3) is 4.10. The highest BCUT2D eigenvalue weighted by molar-refractivity contribution is 7.11. The van der Waals surface area contributed by atoms with Crippen molar-refractivity contribution in [1.82, 2.24) is 15.3 Å². The fraction of sp³-hybridized carbons (Fsp3) is 0.333. The van der Waals surface area contributed by atoms with E-state index in [0.717, 1.165) is 25.2 Å². The van der Waals surface area contributed by atoms with E-state index in [9.17, 15) is 4.79 Å². The number of likely N-dealkylation sites (N-methyl/N-ethyl adjacent to an activating group) is 1. The Labute approximate surface area is 120 Å². The monoisotopic (exact) mass is 296 g/mol. The number of nitrogens with zero attached hydrogens (tertiary/aromatic N) is 2. The molecular formula is C12H16N4OS2. The van der Waals surface area contributed by atoms with E-state index < -0.39 is 0 Å². The number of hydrogen-bond donors (Lipinski definition) is 2. The van der Waals surface area contributed by atoms with Crippen molar-refractivity contribution < 1.29 is 4.79 Å². The summed E-state index contributed by atoms with van der Waals surface area (Å²) in [4.78, 5) is 19.1. The van der Waals surface area contributed by atoms with Crippen LogP contribution in [0, 0.1) is 0 Å². The van der Waals surface area contributed by atoms with Crippen LogP contribution in [-0.4, -0.2) is 29.4 Å². The Kier molecular flexibility index (Phi) is 5.03. The maximum absolute atomic E-state index is 11.3. The van der Waals surface area contributed by atoms with Gasteiger partial charge in [-0.05, 0) is 24.9 Å². The predicted molar refractivity (Wildman–Crippen MR) is 78.1 cm³/mol. The van der Waals surface area contributed by atoms with Crippen LogP contribution in [0.4, 0.5) is 0 Å². The standard InChI is InChI=1S/C12H16N4OS2/c1-16(5-4-10-3-2-6-18-10)7-9-8-19-12(14-9)11(17)15-13/h2-3,6,8H,4-5,7,13H2,1H3,(H,15,17). The van der Waals surface area contributed by atoms with E-state index in [-0.39, 0.29) is 5.91 Å². The molecule has 2 aromatic rings. The van der Waals surface area contributed by atoms with Crippen LogP contribution in [0.1, 0.15) is 20.4 Å². The highest BCUT2D eigenvalue weighted by Crippen LogP contribution is 2.13. The average molecular weight is 296 g/mol. The molecule has 0 saturated heterocycles. The number of nitrogens with one attached hydrogen (secondary N) is 1. The number of thiazole rings is 1. The van der Waals surface area contributed by atoms with Crippen LogP contribution in [0.2, 0.25) is 0 Å². The summed E-state index contributed by atoms with van der Waals surface area (Å²) in [5.41, 5.74) is 2.99. The molecule has 0 aliphatic carbocycles. The van der Waals surface area contributed by atoms with Crippen molar-refractivity contribution in [3.8, 4) is 0 Å². The van der Waals surface area contributed by atoms with Gasteiger partial charge in [-0.2, -0.15) is 0 Å². The lowest BCUT2D eigenvalue weighted by atomic mass is 10.3. The van der Waals surface area contributed by atoms with Gasteiger partial charge in [-0.1, -0.05) is 6.07 Å². The molecule has 2 heterocycles. The summed E-state index contributed by atoms with van der Waals surface area (Å²) in [6.07, 6.45) is 1.04. The molecule has 2 aromatic heterocycles. The lowest BCUT2D eigenvalue weighted by molar-refractivity contribution is 0.0953. The molecule has 3 N–H and O–H groups in total. The fourth-order valence-corrected chi connectivity index (χ4v) is 3.07. The van der Waals surface area contributed by atoms with E-state index in [1.165, 1.54) is 16.2 Å². The number of rotatable bonds is 6. The van der Waals surface area contributed by atoms with Crippen LogP contribution in [0.5, 0.6) is 0 Å². The summed E-state index contributed by atoms with van der Waals surface area (Å²) in [7, 11) is 2.05. The molecule has 0 fully saturated rings. The van der Waals surface area contributed by atoms with Gasteiger partial charge in [-0.15, -0.1) is 22.7 Å². The fourth-order valence-electron chi connectivity index (χ4n) is 1.66. The lowest BCUT2D eigenvalue weighted by Crippen LogP contribution is -2.30. The van der Waals surface area contributed by atoms with Crippen LogP contribution in [0.15, 0.2) is 22.9 Å². The molecule has 0 saturated carbocycles. The van der Waals surface area contributed by atoms with Gasteiger partial charge in [0.2, 0.25) is 0 Å². The Hall–Kier alpha value is -1.28. The summed E-state index contributed by atoms with van der Waals surface area (Å²) >= 11 is 3.09. The Morgan fingerprint density at radius 1 is 1.53 bits per heavy atom. The summed E-state index contributed by atoms with van der Waals surface area (Å²) in [6.45, 7) is 1.70. The highest BCUT2D eigenvalue weighted by atomic mass is 32.1. The Morgan fingerprint density at radius 3 is 3.05 bits per heavy atom. The van der Waals surface area contributed by atoms with Crippen molar-refractivity contribution in [2.24, 2.45) is 5.84 Å². The molecule has 1 amide bonds. The summed E-state index contributed by atoms with van der Waals surface area (Å²) in [5, 5.41) is 4.39. The number of nitrogens with two attached hydrogens (primary N) is 1. The first-order valence-corrected chi connectivity index (χ1v) is 7.61. The minimum absolute atomic E-state index is 0.336. The Bertz CT molecular complexity index is 524. The second-order valence-corrected chi connectivity index (χ2v) is 6.07. The van der Waals surface area contributed by atoms with E-state index in [0.29, 0.717) is 5.01 Å². The van der Waals surface area contributed by atoms with E-state index in [4.69, 9.17) is 5.84 Å². The molecule has 2 rings (SSSR count). The van der Waals surface area contributed by atoms with Crippen molar-refractivity contribution in [2.75, 3.05) is 13.6 Å². The molecule has 0 unspecified atom stereocenters. The molecule has 0 spiro atoms. The van der Waals surface area contributed by atoms with Gasteiger partial charge in [0.1, 0.15) is 0 Å². The summed E-state index contributed by atoms with van der Waals surface area (Å²) < 4.78 is 0. The number of aromatic nitrogens is 1. The number of hydrogen-bond acceptors (Lipinski definition) is 6. The van der Waals surface area contributed by atoms with Crippen LogP contribution in [0.25, 0.3) is 0 Å². The molecule has 0 aliphatic heterocycles. The van der Waals surface area contributed by atoms with Gasteiger partial charge in [-0.3, -0.25) is 10.2 Å². The van der Waals surface area contributed by atoms with Crippen molar-refractivity contribution in [3.05, 3.63) is 38.5 Å². The normalized spacial score (nSPS) is 10.9. The summed E-state index contributed by atoms with van der Waals surface area (Å²) in [6, 6.07) is 4.21. The summed E-state index contributed by atoms with van der Waals surface area (Å²) in [5.74, 6) is 4.74. The predicted octanol–water partition coefficient (Wildman–Crippen LogP) is 1.48. The number of carbonyl (C=O) groups excluding carboxylic acids is 1. The smallest absolute Gasteiger partial charge is 0.294 e. The second kappa shape index (κ2) is 6.76. The van der Waals surface area contributed by atoms with Crippen molar-refractivity contribution in [1.29, 1.82) is 0 Å². The first kappa shape index (κ1) is 14.1. The first-order chi connectivity index (χ1) is 9.19. The van der Waals surface area contributed by atoms with E-state index in [1.807, 2.05) is 5.38 Å². The van der Waals surface area contributed by atoms with E-state index >= 15 is 0 Å². The second-order valence-electron chi connectivity index (χ2n) is 4.18. The quantitative estimate of drug-likeness (QED) is 0.481. The zero-order valence-corrected chi connectivity index (χ0v) is 12.3. The minimum atomic E-state index is -0.336. The number of carbonyl (C=O) groups is 1. The number of amides is 1. The molecule has 0 bridgehead atoms. The van der Waals surface area contributed by atoms with Crippen molar-refractivity contribution in [2.45, 2.75) is 13.0 Å².